The van der Waals surface area contributed by atoms with Crippen LogP contribution in [-0.4, -0.2) is 15.0 Å². The van der Waals surface area contributed by atoms with E-state index in [-0.39, 0.29) is 0 Å². The van der Waals surface area contributed by atoms with Crippen LogP contribution in [0.4, 0.5) is 0 Å². The minimum Gasteiger partial charge on any atom is -0.456 e. The number of para-hydroxylation sites is 1. The number of aromatic nitrogens is 3. The fraction of sp³-hybridized carbons (Fsp3) is 0. The summed E-state index contributed by atoms with van der Waals surface area (Å²) in [5.74, 6) is 0.859. The van der Waals surface area contributed by atoms with Gasteiger partial charge in [0, 0.05) is 48.1 Å². The number of pyridine rings is 3. The number of nitrogens with zero attached hydrogens (tertiary/aromatic N) is 3. The molecule has 0 saturated carbocycles. The molecule has 0 aliphatic heterocycles. The summed E-state index contributed by atoms with van der Waals surface area (Å²) in [6.07, 6.45) is 11.2. The average Bonchev–Trinajstić information content (AvgIpc) is 3.52. The van der Waals surface area contributed by atoms with Gasteiger partial charge in [0.15, 0.2) is 0 Å². The van der Waals surface area contributed by atoms with E-state index in [4.69, 9.17) is 4.42 Å². The number of rotatable bonds is 4. The van der Waals surface area contributed by atoms with E-state index in [1.54, 1.807) is 0 Å². The lowest BCUT2D eigenvalue weighted by Crippen LogP contribution is -1.94. The van der Waals surface area contributed by atoms with Gasteiger partial charge in [-0.3, -0.25) is 15.0 Å². The van der Waals surface area contributed by atoms with E-state index in [1.807, 2.05) is 49.3 Å². The Kier molecular flexibility index (Phi) is 5.16. The fourth-order valence-corrected chi connectivity index (χ4v) is 6.62. The van der Waals surface area contributed by atoms with E-state index in [9.17, 15) is 0 Å². The van der Waals surface area contributed by atoms with Crippen LogP contribution < -0.4 is 0 Å². The van der Waals surface area contributed by atoms with E-state index in [0.717, 1.165) is 49.9 Å². The maximum atomic E-state index is 6.50. The van der Waals surface area contributed by atoms with Gasteiger partial charge in [-0.25, -0.2) is 0 Å². The quantitative estimate of drug-likeness (QED) is 0.205. The molecule has 0 radical (unpaired) electrons. The molecule has 0 amide bonds. The van der Waals surface area contributed by atoms with Crippen LogP contribution >= 0.6 is 0 Å². The molecule has 9 rings (SSSR count). The van der Waals surface area contributed by atoms with Crippen molar-refractivity contribution in [1.82, 2.24) is 15.0 Å². The molecule has 0 spiro atoms. The van der Waals surface area contributed by atoms with Crippen LogP contribution in [0.25, 0.3) is 88.0 Å². The van der Waals surface area contributed by atoms with Crippen molar-refractivity contribution in [3.05, 3.63) is 140 Å². The van der Waals surface area contributed by atoms with Crippen molar-refractivity contribution in [2.45, 2.75) is 0 Å². The molecule has 0 saturated heterocycles. The molecule has 0 bridgehead atoms. The molecule has 4 heterocycles. The van der Waals surface area contributed by atoms with Gasteiger partial charge in [-0.05, 0) is 126 Å². The Bertz CT molecular complexity index is 2340. The molecule has 0 N–H and O–H groups in total. The van der Waals surface area contributed by atoms with Crippen LogP contribution in [0.5, 0.6) is 0 Å². The first kappa shape index (κ1) is 23.8. The van der Waals surface area contributed by atoms with Crippen molar-refractivity contribution in [2.75, 3.05) is 0 Å². The topological polar surface area (TPSA) is 51.8 Å². The Labute approximate surface area is 247 Å². The van der Waals surface area contributed by atoms with Crippen molar-refractivity contribution >= 4 is 43.3 Å². The molecule has 0 unspecified atom stereocenters. The zero-order chi connectivity index (χ0) is 28.3. The summed E-state index contributed by atoms with van der Waals surface area (Å²) in [7, 11) is 0. The molecule has 0 fully saturated rings. The summed E-state index contributed by atoms with van der Waals surface area (Å²) in [5.41, 5.74) is 8.85. The normalized spacial score (nSPS) is 11.7. The number of benzene rings is 5. The van der Waals surface area contributed by atoms with Crippen molar-refractivity contribution in [3.63, 3.8) is 0 Å². The molecule has 200 valence electrons. The SMILES string of the molecule is c1ccc2oc(-c3cc(-c4ccncc4)c4ccc5c(-c6ccncc6)cc(-c6ccncc6)c6ccc3c4c56)cc2c1. The molecule has 5 aromatic carbocycles. The minimum atomic E-state index is 0.859. The van der Waals surface area contributed by atoms with Gasteiger partial charge in [-0.1, -0.05) is 42.5 Å². The summed E-state index contributed by atoms with van der Waals surface area (Å²) in [6.45, 7) is 0. The van der Waals surface area contributed by atoms with E-state index < -0.39 is 0 Å². The van der Waals surface area contributed by atoms with E-state index in [1.165, 1.54) is 38.1 Å². The first-order chi connectivity index (χ1) is 21.3. The highest BCUT2D eigenvalue weighted by Gasteiger charge is 2.22. The first-order valence-corrected chi connectivity index (χ1v) is 14.3. The molecule has 9 aromatic rings. The third-order valence-corrected chi connectivity index (χ3v) is 8.56. The molecular formula is C39H23N3O. The minimum absolute atomic E-state index is 0.859. The third-order valence-electron chi connectivity index (χ3n) is 8.56. The molecule has 4 nitrogen and oxygen atoms in total. The first-order valence-electron chi connectivity index (χ1n) is 14.3. The van der Waals surface area contributed by atoms with E-state index in [0.29, 0.717) is 0 Å². The van der Waals surface area contributed by atoms with Gasteiger partial charge in [0.25, 0.3) is 0 Å². The standard InChI is InChI=1S/C39H23N3O/c1-2-4-36-27(3-1)21-37(43-36)35-23-34(26-13-19-42-20-14-26)30-6-5-28-32(24-9-15-40-16-10-24)22-33(25-11-17-41-18-12-25)29-7-8-31(35)39(30)38(28)29/h1-23H. The van der Waals surface area contributed by atoms with Crippen molar-refractivity contribution in [1.29, 1.82) is 0 Å². The van der Waals surface area contributed by atoms with Crippen LogP contribution in [0.1, 0.15) is 0 Å². The largest absolute Gasteiger partial charge is 0.456 e. The highest BCUT2D eigenvalue weighted by Crippen LogP contribution is 2.48. The van der Waals surface area contributed by atoms with E-state index >= 15 is 0 Å². The Morgan fingerprint density at radius 3 is 1.28 bits per heavy atom. The van der Waals surface area contributed by atoms with Crippen LogP contribution in [0.2, 0.25) is 0 Å². The zero-order valence-corrected chi connectivity index (χ0v) is 23.0. The highest BCUT2D eigenvalue weighted by molar-refractivity contribution is 6.31. The molecule has 0 atom stereocenters. The maximum absolute atomic E-state index is 6.50. The van der Waals surface area contributed by atoms with Crippen LogP contribution in [0.3, 0.4) is 0 Å². The van der Waals surface area contributed by atoms with Gasteiger partial charge in [-0.15, -0.1) is 0 Å². The molecular weight excluding hydrogens is 526 g/mol. The molecule has 0 aliphatic carbocycles. The smallest absolute Gasteiger partial charge is 0.136 e. The second-order valence-electron chi connectivity index (χ2n) is 10.9. The van der Waals surface area contributed by atoms with Crippen molar-refractivity contribution < 1.29 is 4.42 Å². The fourth-order valence-electron chi connectivity index (χ4n) is 6.62. The third kappa shape index (κ3) is 3.67. The van der Waals surface area contributed by atoms with Crippen LogP contribution in [0.15, 0.2) is 145 Å². The Morgan fingerprint density at radius 1 is 0.395 bits per heavy atom. The zero-order valence-electron chi connectivity index (χ0n) is 23.0. The number of hydrogen-bond donors (Lipinski definition) is 0. The maximum Gasteiger partial charge on any atom is 0.136 e. The van der Waals surface area contributed by atoms with E-state index in [2.05, 4.69) is 106 Å². The summed E-state index contributed by atoms with van der Waals surface area (Å²) in [6, 6.07) is 36.6. The Hall–Kier alpha value is -5.87. The summed E-state index contributed by atoms with van der Waals surface area (Å²) >= 11 is 0. The number of furan rings is 1. The molecule has 0 aliphatic rings. The monoisotopic (exact) mass is 549 g/mol. The van der Waals surface area contributed by atoms with Gasteiger partial charge in [0.05, 0.1) is 0 Å². The lowest BCUT2D eigenvalue weighted by atomic mass is 9.83. The molecule has 43 heavy (non-hydrogen) atoms. The van der Waals surface area contributed by atoms with Crippen LogP contribution in [-0.2, 0) is 0 Å². The lowest BCUT2D eigenvalue weighted by molar-refractivity contribution is 0.632. The lowest BCUT2D eigenvalue weighted by Gasteiger charge is -2.21. The summed E-state index contributed by atoms with van der Waals surface area (Å²) < 4.78 is 6.50. The second-order valence-corrected chi connectivity index (χ2v) is 10.9. The van der Waals surface area contributed by atoms with Crippen LogP contribution in [0, 0.1) is 0 Å². The van der Waals surface area contributed by atoms with Gasteiger partial charge in [0.2, 0.25) is 0 Å². The predicted molar refractivity (Wildman–Crippen MR) is 175 cm³/mol. The van der Waals surface area contributed by atoms with Gasteiger partial charge < -0.3 is 4.42 Å². The predicted octanol–water partition coefficient (Wildman–Crippen LogP) is 10.2. The molecule has 4 heteroatoms. The van der Waals surface area contributed by atoms with Gasteiger partial charge in [-0.2, -0.15) is 0 Å². The molecule has 4 aromatic heterocycles. The number of fused-ring (bicyclic) bond motifs is 1. The summed E-state index contributed by atoms with van der Waals surface area (Å²) in [4.78, 5) is 12.9. The Balaban J connectivity index is 1.48. The highest BCUT2D eigenvalue weighted by atomic mass is 16.3. The van der Waals surface area contributed by atoms with Gasteiger partial charge >= 0.3 is 0 Å². The Morgan fingerprint density at radius 2 is 0.814 bits per heavy atom. The second kappa shape index (κ2) is 9.33. The average molecular weight is 550 g/mol. The summed E-state index contributed by atoms with van der Waals surface area (Å²) in [5, 5.41) is 8.34. The van der Waals surface area contributed by atoms with Crippen molar-refractivity contribution in [3.8, 4) is 44.7 Å². The van der Waals surface area contributed by atoms with Gasteiger partial charge in [0.1, 0.15) is 11.3 Å². The van der Waals surface area contributed by atoms with Crippen molar-refractivity contribution in [2.24, 2.45) is 0 Å². The number of hydrogen-bond acceptors (Lipinski definition) is 4.